The average molecular weight is 214 g/mol. The molecular formula is C6H14O6S. The average Bonchev–Trinajstić information content (AvgIpc) is 2.08. The Morgan fingerprint density at radius 1 is 0.923 bits per heavy atom. The van der Waals surface area contributed by atoms with Crippen LogP contribution in [0.4, 0.5) is 0 Å². The van der Waals surface area contributed by atoms with Crippen molar-refractivity contribution in [1.29, 1.82) is 0 Å². The van der Waals surface area contributed by atoms with Crippen molar-refractivity contribution in [2.75, 3.05) is 6.61 Å². The third-order valence-corrected chi connectivity index (χ3v) is 1.87. The van der Waals surface area contributed by atoms with Crippen molar-refractivity contribution in [3.63, 3.8) is 0 Å². The first-order valence-corrected chi connectivity index (χ1v) is 3.56. The van der Waals surface area contributed by atoms with E-state index < -0.39 is 37.3 Å². The highest BCUT2D eigenvalue weighted by Gasteiger charge is 2.42. The maximum Gasteiger partial charge on any atom is 0.184 e. The first-order valence-electron chi connectivity index (χ1n) is 3.56. The molecule has 5 atom stereocenters. The summed E-state index contributed by atoms with van der Waals surface area (Å²) in [6.07, 6.45) is -7.04. The van der Waals surface area contributed by atoms with Crippen LogP contribution in [0.5, 0.6) is 0 Å². The summed E-state index contributed by atoms with van der Waals surface area (Å²) < 4.78 is 4.58. The molecule has 1 fully saturated rings. The number of ether oxygens (including phenoxy) is 1. The first kappa shape index (κ1) is 13.1. The van der Waals surface area contributed by atoms with Gasteiger partial charge in [0.1, 0.15) is 24.4 Å². The second-order valence-electron chi connectivity index (χ2n) is 2.72. The van der Waals surface area contributed by atoms with Crippen LogP contribution in [-0.4, -0.2) is 62.8 Å². The summed E-state index contributed by atoms with van der Waals surface area (Å²) >= 11 is 0. The molecule has 0 aromatic heterocycles. The van der Waals surface area contributed by atoms with Gasteiger partial charge in [-0.3, -0.25) is 0 Å². The van der Waals surface area contributed by atoms with Crippen molar-refractivity contribution in [2.24, 2.45) is 0 Å². The van der Waals surface area contributed by atoms with Gasteiger partial charge in [-0.05, 0) is 0 Å². The third-order valence-electron chi connectivity index (χ3n) is 1.87. The van der Waals surface area contributed by atoms with E-state index in [-0.39, 0.29) is 13.5 Å². The van der Waals surface area contributed by atoms with Gasteiger partial charge in [-0.15, -0.1) is 0 Å². The standard InChI is InChI=1S/C6H12O6.H2S/c7-1-2-3(8)4(9)5(10)6(11)12-2;/h2-11H,1H2;1H2/t2-,3-,4+,5-,6?;/m1./s1. The Hall–Kier alpha value is 0.110. The van der Waals surface area contributed by atoms with E-state index in [0.29, 0.717) is 0 Å². The number of hydrogen-bond acceptors (Lipinski definition) is 6. The van der Waals surface area contributed by atoms with Crippen LogP contribution in [0, 0.1) is 0 Å². The lowest BCUT2D eigenvalue weighted by molar-refractivity contribution is -0.286. The van der Waals surface area contributed by atoms with Gasteiger partial charge in [-0.1, -0.05) is 0 Å². The lowest BCUT2D eigenvalue weighted by atomic mass is 10.00. The molecule has 80 valence electrons. The van der Waals surface area contributed by atoms with Gasteiger partial charge in [0.05, 0.1) is 6.61 Å². The van der Waals surface area contributed by atoms with Gasteiger partial charge in [-0.25, -0.2) is 0 Å². The lowest BCUT2D eigenvalue weighted by Gasteiger charge is -2.37. The van der Waals surface area contributed by atoms with Crippen LogP contribution in [0.3, 0.4) is 0 Å². The van der Waals surface area contributed by atoms with E-state index in [1.165, 1.54) is 0 Å². The molecule has 1 saturated heterocycles. The number of aliphatic hydroxyl groups is 5. The molecule has 0 amide bonds. The van der Waals surface area contributed by atoms with Crippen LogP contribution in [-0.2, 0) is 4.74 Å². The monoisotopic (exact) mass is 214 g/mol. The Morgan fingerprint density at radius 2 is 1.46 bits per heavy atom. The summed E-state index contributed by atoms with van der Waals surface area (Å²) in [5, 5.41) is 44.7. The van der Waals surface area contributed by atoms with Gasteiger partial charge in [0.2, 0.25) is 0 Å². The highest BCUT2D eigenvalue weighted by atomic mass is 32.1. The normalized spacial score (nSPS) is 45.5. The number of aliphatic hydroxyl groups excluding tert-OH is 5. The maximum atomic E-state index is 9.12. The largest absolute Gasteiger partial charge is 0.394 e. The van der Waals surface area contributed by atoms with E-state index in [1.807, 2.05) is 0 Å². The topological polar surface area (TPSA) is 110 Å². The van der Waals surface area contributed by atoms with E-state index >= 15 is 0 Å². The van der Waals surface area contributed by atoms with E-state index in [2.05, 4.69) is 4.74 Å². The number of rotatable bonds is 1. The van der Waals surface area contributed by atoms with E-state index in [4.69, 9.17) is 25.5 Å². The first-order chi connectivity index (χ1) is 5.57. The molecule has 0 bridgehead atoms. The molecule has 0 aliphatic carbocycles. The molecule has 13 heavy (non-hydrogen) atoms. The lowest BCUT2D eigenvalue weighted by Crippen LogP contribution is -2.58. The molecule has 1 aliphatic heterocycles. The van der Waals surface area contributed by atoms with Crippen molar-refractivity contribution in [3.8, 4) is 0 Å². The minimum absolute atomic E-state index is 0. The molecule has 0 aromatic carbocycles. The molecule has 7 heteroatoms. The Balaban J connectivity index is 0.00000144. The van der Waals surface area contributed by atoms with Crippen LogP contribution >= 0.6 is 13.5 Å². The van der Waals surface area contributed by atoms with Gasteiger partial charge in [-0.2, -0.15) is 13.5 Å². The Bertz CT molecular complexity index is 151. The molecule has 1 heterocycles. The molecule has 0 radical (unpaired) electrons. The molecule has 0 saturated carbocycles. The maximum absolute atomic E-state index is 9.12. The van der Waals surface area contributed by atoms with Crippen molar-refractivity contribution in [3.05, 3.63) is 0 Å². The van der Waals surface area contributed by atoms with Gasteiger partial charge >= 0.3 is 0 Å². The molecule has 0 aromatic rings. The van der Waals surface area contributed by atoms with Crippen LogP contribution in [0.25, 0.3) is 0 Å². The van der Waals surface area contributed by atoms with Crippen LogP contribution in [0.1, 0.15) is 0 Å². The van der Waals surface area contributed by atoms with Crippen LogP contribution < -0.4 is 0 Å². The molecule has 5 N–H and O–H groups in total. The molecule has 1 rings (SSSR count). The predicted molar refractivity (Wildman–Crippen MR) is 46.4 cm³/mol. The molecular weight excluding hydrogens is 200 g/mol. The van der Waals surface area contributed by atoms with Gasteiger partial charge < -0.3 is 30.3 Å². The zero-order chi connectivity index (χ0) is 9.30. The number of hydrogen-bond donors (Lipinski definition) is 5. The van der Waals surface area contributed by atoms with Crippen molar-refractivity contribution in [2.45, 2.75) is 30.7 Å². The van der Waals surface area contributed by atoms with Crippen molar-refractivity contribution in [1.82, 2.24) is 0 Å². The summed E-state index contributed by atoms with van der Waals surface area (Å²) in [6, 6.07) is 0. The van der Waals surface area contributed by atoms with Crippen molar-refractivity contribution >= 4 is 13.5 Å². The summed E-state index contributed by atoms with van der Waals surface area (Å²) in [5.41, 5.74) is 0. The molecule has 6 nitrogen and oxygen atoms in total. The van der Waals surface area contributed by atoms with E-state index in [1.54, 1.807) is 0 Å². The second kappa shape index (κ2) is 5.11. The van der Waals surface area contributed by atoms with Crippen molar-refractivity contribution < 1.29 is 30.3 Å². The van der Waals surface area contributed by atoms with Gasteiger partial charge in [0.15, 0.2) is 6.29 Å². The summed E-state index contributed by atoms with van der Waals surface area (Å²) in [6.45, 7) is -0.526. The van der Waals surface area contributed by atoms with Gasteiger partial charge in [0, 0.05) is 0 Å². The highest BCUT2D eigenvalue weighted by Crippen LogP contribution is 2.18. The highest BCUT2D eigenvalue weighted by molar-refractivity contribution is 7.59. The Kier molecular flexibility index (Phi) is 5.15. The predicted octanol–water partition coefficient (Wildman–Crippen LogP) is -3.11. The zero-order valence-electron chi connectivity index (χ0n) is 6.74. The zero-order valence-corrected chi connectivity index (χ0v) is 7.74. The fourth-order valence-electron chi connectivity index (χ4n) is 1.08. The van der Waals surface area contributed by atoms with Crippen LogP contribution in [0.15, 0.2) is 0 Å². The summed E-state index contributed by atoms with van der Waals surface area (Å²) in [7, 11) is 0. The third kappa shape index (κ3) is 2.53. The minimum atomic E-state index is -1.57. The van der Waals surface area contributed by atoms with Crippen LogP contribution in [0.2, 0.25) is 0 Å². The second-order valence-corrected chi connectivity index (χ2v) is 2.72. The Labute approximate surface area is 81.8 Å². The smallest absolute Gasteiger partial charge is 0.184 e. The fourth-order valence-corrected chi connectivity index (χ4v) is 1.08. The summed E-state index contributed by atoms with van der Waals surface area (Å²) in [5.74, 6) is 0. The fraction of sp³-hybridized carbons (Fsp3) is 1.00. The molecule has 1 unspecified atom stereocenters. The molecule has 0 spiro atoms. The van der Waals surface area contributed by atoms with E-state index in [0.717, 1.165) is 0 Å². The quantitative estimate of drug-likeness (QED) is 0.316. The minimum Gasteiger partial charge on any atom is -0.394 e. The SMILES string of the molecule is OC[C@H]1OC(O)[C@H](O)[C@@H](O)[C@@H]1O.S. The van der Waals surface area contributed by atoms with Gasteiger partial charge in [0.25, 0.3) is 0 Å². The molecule has 1 aliphatic rings. The summed E-state index contributed by atoms with van der Waals surface area (Å²) in [4.78, 5) is 0. The van der Waals surface area contributed by atoms with E-state index in [9.17, 15) is 0 Å². The Morgan fingerprint density at radius 3 is 1.92 bits per heavy atom.